The number of aryl methyl sites for hydroxylation is 2. The van der Waals surface area contributed by atoms with Gasteiger partial charge in [-0.1, -0.05) is 51.1 Å². The van der Waals surface area contributed by atoms with Crippen LogP contribution in [0.4, 0.5) is 0 Å². The first-order valence-corrected chi connectivity index (χ1v) is 9.99. The molecule has 8 heteroatoms. The Bertz CT molecular complexity index is 1080. The topological polar surface area (TPSA) is 117 Å². The number of nitrogens with one attached hydrogen (secondary N) is 2. The van der Waals surface area contributed by atoms with Crippen molar-refractivity contribution in [3.63, 3.8) is 0 Å². The highest BCUT2D eigenvalue weighted by molar-refractivity contribution is 5.80. The number of hydrogen-bond donors (Lipinski definition) is 4. The Morgan fingerprint density at radius 2 is 1.68 bits per heavy atom. The molecule has 0 saturated carbocycles. The maximum Gasteiger partial charge on any atom is 0.329 e. The molecular formula is C23H27N3O5. The van der Waals surface area contributed by atoms with E-state index in [1.807, 2.05) is 54.6 Å². The Balaban J connectivity index is 1.73. The number of H-pyrrole nitrogens is 1. The van der Waals surface area contributed by atoms with Crippen molar-refractivity contribution in [1.29, 1.82) is 0 Å². The molecule has 0 spiro atoms. The van der Waals surface area contributed by atoms with Gasteiger partial charge < -0.3 is 14.8 Å². The van der Waals surface area contributed by atoms with Crippen molar-refractivity contribution >= 4 is 5.91 Å². The third-order valence-corrected chi connectivity index (χ3v) is 4.98. The first kappa shape index (κ1) is 22.2. The minimum absolute atomic E-state index is 0.308. The number of nitrogens with zero attached hydrogens (tertiary/aromatic N) is 1. The fraction of sp³-hybridized carbons (Fsp3) is 0.304. The van der Waals surface area contributed by atoms with Gasteiger partial charge in [0.05, 0.1) is 5.69 Å². The summed E-state index contributed by atoms with van der Waals surface area (Å²) in [6.07, 6.45) is 0.927. The normalized spacial score (nSPS) is 12.4. The summed E-state index contributed by atoms with van der Waals surface area (Å²) in [4.78, 5) is 27.3. The second-order valence-corrected chi connectivity index (χ2v) is 8.41. The Morgan fingerprint density at radius 1 is 1.06 bits per heavy atom. The van der Waals surface area contributed by atoms with E-state index in [2.05, 4.69) is 4.98 Å². The average Bonchev–Trinajstić information content (AvgIpc) is 3.01. The van der Waals surface area contributed by atoms with E-state index in [4.69, 9.17) is 9.94 Å². The van der Waals surface area contributed by atoms with Crippen LogP contribution in [0.25, 0.3) is 0 Å². The number of benzene rings is 2. The lowest BCUT2D eigenvalue weighted by atomic mass is 9.86. The van der Waals surface area contributed by atoms with Gasteiger partial charge in [0.25, 0.3) is 5.91 Å². The number of aromatic nitrogens is 2. The summed E-state index contributed by atoms with van der Waals surface area (Å²) in [6, 6.07) is 15.9. The van der Waals surface area contributed by atoms with Crippen LogP contribution < -0.4 is 15.9 Å². The van der Waals surface area contributed by atoms with Gasteiger partial charge in [0.2, 0.25) is 5.88 Å². The maximum atomic E-state index is 12.5. The van der Waals surface area contributed by atoms with Gasteiger partial charge >= 0.3 is 5.69 Å². The molecule has 3 rings (SSSR count). The van der Waals surface area contributed by atoms with E-state index in [1.165, 1.54) is 0 Å². The van der Waals surface area contributed by atoms with E-state index in [9.17, 15) is 14.7 Å². The molecule has 0 saturated heterocycles. The van der Waals surface area contributed by atoms with Crippen LogP contribution in [0.3, 0.4) is 0 Å². The molecule has 4 N–H and O–H groups in total. The lowest BCUT2D eigenvalue weighted by molar-refractivity contribution is -0.136. The molecule has 1 heterocycles. The van der Waals surface area contributed by atoms with Gasteiger partial charge in [0.1, 0.15) is 17.5 Å². The number of aromatic amines is 1. The van der Waals surface area contributed by atoms with Gasteiger partial charge in [0.15, 0.2) is 0 Å². The molecule has 0 aliphatic heterocycles. The van der Waals surface area contributed by atoms with Gasteiger partial charge in [-0.25, -0.2) is 14.8 Å². The zero-order chi connectivity index (χ0) is 22.6. The lowest BCUT2D eigenvalue weighted by Crippen LogP contribution is -2.41. The minimum Gasteiger partial charge on any atom is -0.493 e. The largest absolute Gasteiger partial charge is 0.493 e. The van der Waals surface area contributed by atoms with Crippen LogP contribution in [0, 0.1) is 5.41 Å². The predicted octanol–water partition coefficient (Wildman–Crippen LogP) is 3.55. The molecule has 1 aromatic heterocycles. The highest BCUT2D eigenvalue weighted by atomic mass is 16.5. The molecule has 3 aromatic rings. The number of ether oxygens (including phenoxy) is 1. The molecular weight excluding hydrogens is 398 g/mol. The summed E-state index contributed by atoms with van der Waals surface area (Å²) in [7, 11) is 0. The van der Waals surface area contributed by atoms with Gasteiger partial charge in [0, 0.05) is 0 Å². The van der Waals surface area contributed by atoms with Crippen LogP contribution in [-0.4, -0.2) is 25.8 Å². The Labute approximate surface area is 180 Å². The number of carbonyl (C=O) groups is 1. The lowest BCUT2D eigenvalue weighted by Gasteiger charge is -2.29. The van der Waals surface area contributed by atoms with E-state index in [0.29, 0.717) is 24.3 Å². The summed E-state index contributed by atoms with van der Waals surface area (Å²) in [5.41, 5.74) is 1.57. The monoisotopic (exact) mass is 425 g/mol. The third kappa shape index (κ3) is 5.16. The molecule has 31 heavy (non-hydrogen) atoms. The van der Waals surface area contributed by atoms with Gasteiger partial charge in [-0.05, 0) is 48.1 Å². The first-order chi connectivity index (χ1) is 14.7. The molecule has 8 nitrogen and oxygen atoms in total. The van der Waals surface area contributed by atoms with Crippen LogP contribution in [0.15, 0.2) is 59.4 Å². The van der Waals surface area contributed by atoms with Crippen molar-refractivity contribution in [3.8, 4) is 17.4 Å². The van der Waals surface area contributed by atoms with Crippen LogP contribution >= 0.6 is 0 Å². The van der Waals surface area contributed by atoms with Crippen LogP contribution in [0.1, 0.15) is 38.1 Å². The molecule has 0 fully saturated rings. The smallest absolute Gasteiger partial charge is 0.329 e. The maximum absolute atomic E-state index is 12.5. The average molecular weight is 425 g/mol. The zero-order valence-electron chi connectivity index (χ0n) is 17.8. The molecule has 0 radical (unpaired) electrons. The van der Waals surface area contributed by atoms with Crippen molar-refractivity contribution in [2.75, 3.05) is 0 Å². The summed E-state index contributed by atoms with van der Waals surface area (Å²) >= 11 is 0. The SMILES string of the molecule is CC(C)(C)C(C(=O)NO)n1c(O)c(CCc2ccc(Oc3ccccc3)cc2)[nH]c1=O. The van der Waals surface area contributed by atoms with Crippen molar-refractivity contribution in [2.24, 2.45) is 5.41 Å². The standard InChI is InChI=1S/C23H27N3O5/c1-23(2,3)19(20(27)25-30)26-21(28)18(24-22(26)29)14-11-15-9-12-17(13-10-15)31-16-7-5-4-6-8-16/h4-10,12-13,19,28,30H,11,14H2,1-3H3,(H,24,29)(H,25,27). The number of hydrogen-bond acceptors (Lipinski definition) is 5. The van der Waals surface area contributed by atoms with Crippen molar-refractivity contribution < 1.29 is 19.8 Å². The molecule has 0 aliphatic carbocycles. The van der Waals surface area contributed by atoms with Crippen molar-refractivity contribution in [3.05, 3.63) is 76.3 Å². The Hall–Kier alpha value is -3.52. The number of rotatable bonds is 7. The Kier molecular flexibility index (Phi) is 6.50. The summed E-state index contributed by atoms with van der Waals surface area (Å²) in [6.45, 7) is 5.22. The number of aromatic hydroxyl groups is 1. The highest BCUT2D eigenvalue weighted by Crippen LogP contribution is 2.33. The number of carbonyl (C=O) groups excluding carboxylic acids is 1. The quantitative estimate of drug-likeness (QED) is 0.341. The molecule has 1 amide bonds. The van der Waals surface area contributed by atoms with Gasteiger partial charge in [-0.3, -0.25) is 10.0 Å². The predicted molar refractivity (Wildman–Crippen MR) is 116 cm³/mol. The number of hydroxylamine groups is 1. The second-order valence-electron chi connectivity index (χ2n) is 8.41. The van der Waals surface area contributed by atoms with Crippen molar-refractivity contribution in [1.82, 2.24) is 15.0 Å². The molecule has 2 aromatic carbocycles. The number of imidazole rings is 1. The summed E-state index contributed by atoms with van der Waals surface area (Å²) < 4.78 is 6.76. The fourth-order valence-electron chi connectivity index (χ4n) is 3.48. The van der Waals surface area contributed by atoms with E-state index in [1.54, 1.807) is 26.3 Å². The highest BCUT2D eigenvalue weighted by Gasteiger charge is 2.36. The van der Waals surface area contributed by atoms with E-state index < -0.39 is 23.1 Å². The first-order valence-electron chi connectivity index (χ1n) is 9.99. The number of para-hydroxylation sites is 1. The fourth-order valence-corrected chi connectivity index (χ4v) is 3.48. The molecule has 0 aliphatic rings. The molecule has 1 unspecified atom stereocenters. The minimum atomic E-state index is -1.08. The molecule has 164 valence electrons. The second kappa shape index (κ2) is 9.09. The molecule has 1 atom stereocenters. The van der Waals surface area contributed by atoms with Crippen LogP contribution in [-0.2, 0) is 17.6 Å². The number of amides is 1. The van der Waals surface area contributed by atoms with Gasteiger partial charge in [-0.2, -0.15) is 0 Å². The summed E-state index contributed by atoms with van der Waals surface area (Å²) in [5.74, 6) is 0.377. The molecule has 0 bridgehead atoms. The van der Waals surface area contributed by atoms with Crippen molar-refractivity contribution in [2.45, 2.75) is 39.7 Å². The van der Waals surface area contributed by atoms with E-state index in [-0.39, 0.29) is 5.88 Å². The van der Waals surface area contributed by atoms with Gasteiger partial charge in [-0.15, -0.1) is 0 Å². The third-order valence-electron chi connectivity index (χ3n) is 4.98. The summed E-state index contributed by atoms with van der Waals surface area (Å²) in [5, 5.41) is 19.7. The van der Waals surface area contributed by atoms with E-state index in [0.717, 1.165) is 15.9 Å². The van der Waals surface area contributed by atoms with Crippen LogP contribution in [0.5, 0.6) is 17.4 Å². The van der Waals surface area contributed by atoms with Crippen LogP contribution in [0.2, 0.25) is 0 Å². The van der Waals surface area contributed by atoms with E-state index >= 15 is 0 Å². The zero-order valence-corrected chi connectivity index (χ0v) is 17.8. The Morgan fingerprint density at radius 3 is 2.26 bits per heavy atom.